The van der Waals surface area contributed by atoms with Crippen LogP contribution >= 0.6 is 0 Å². The standard InChI is InChI=1S/C49H34N2O/c1-31-18-20-33(34-21-23-49-44(28-34)41-14-5-8-17-48(41)52-49)27-42(31)35-10-9-11-37(26-35)45-29-36(24-25-50-45)43-30-38(22-19-32(43)2)51-46-15-6-3-12-39(46)40-13-4-7-16-47(40)51/h3-30H,1-2H3. The highest BCUT2D eigenvalue weighted by Gasteiger charge is 2.15. The molecule has 3 nitrogen and oxygen atoms in total. The molecule has 0 spiro atoms. The van der Waals surface area contributed by atoms with Crippen LogP contribution in [0, 0.1) is 13.8 Å². The van der Waals surface area contributed by atoms with Crippen molar-refractivity contribution < 1.29 is 4.42 Å². The third kappa shape index (κ3) is 4.93. The number of aryl methyl sites for hydroxylation is 2. The maximum Gasteiger partial charge on any atom is 0.135 e. The van der Waals surface area contributed by atoms with E-state index in [-0.39, 0.29) is 0 Å². The summed E-state index contributed by atoms with van der Waals surface area (Å²) in [4.78, 5) is 4.88. The number of nitrogens with zero attached hydrogens (tertiary/aromatic N) is 2. The number of hydrogen-bond acceptors (Lipinski definition) is 2. The van der Waals surface area contributed by atoms with Gasteiger partial charge < -0.3 is 8.98 Å². The Kier molecular flexibility index (Phi) is 6.94. The third-order valence-electron chi connectivity index (χ3n) is 10.5. The van der Waals surface area contributed by atoms with E-state index in [1.54, 1.807) is 0 Å². The van der Waals surface area contributed by atoms with Crippen LogP contribution in [0.1, 0.15) is 11.1 Å². The Bertz CT molecular complexity index is 2940. The molecule has 3 aromatic heterocycles. The highest BCUT2D eigenvalue weighted by molar-refractivity contribution is 6.09. The Morgan fingerprint density at radius 1 is 0.423 bits per heavy atom. The summed E-state index contributed by atoms with van der Waals surface area (Å²) in [5, 5.41) is 4.81. The second-order valence-electron chi connectivity index (χ2n) is 13.7. The molecule has 7 aromatic carbocycles. The summed E-state index contributed by atoms with van der Waals surface area (Å²) in [5.74, 6) is 0. The fourth-order valence-corrected chi connectivity index (χ4v) is 7.88. The molecule has 0 saturated heterocycles. The van der Waals surface area contributed by atoms with Crippen LogP contribution in [0.5, 0.6) is 0 Å². The SMILES string of the molecule is Cc1ccc(-c2ccc3oc4ccccc4c3c2)cc1-c1cccc(-c2cc(-c3cc(-n4c5ccccc5c5ccccc54)ccc3C)ccn2)c1. The summed E-state index contributed by atoms with van der Waals surface area (Å²) in [6, 6.07) is 58.7. The Morgan fingerprint density at radius 2 is 1.04 bits per heavy atom. The Hall–Kier alpha value is -6.71. The van der Waals surface area contributed by atoms with Crippen molar-refractivity contribution in [2.45, 2.75) is 13.8 Å². The number of pyridine rings is 1. The van der Waals surface area contributed by atoms with Crippen LogP contribution < -0.4 is 0 Å². The van der Waals surface area contributed by atoms with Gasteiger partial charge in [0.1, 0.15) is 11.2 Å². The normalized spacial score (nSPS) is 11.7. The molecule has 52 heavy (non-hydrogen) atoms. The van der Waals surface area contributed by atoms with Crippen molar-refractivity contribution in [1.29, 1.82) is 0 Å². The van der Waals surface area contributed by atoms with Gasteiger partial charge in [0.2, 0.25) is 0 Å². The van der Waals surface area contributed by atoms with Gasteiger partial charge in [-0.1, -0.05) is 97.1 Å². The topological polar surface area (TPSA) is 31.0 Å². The summed E-state index contributed by atoms with van der Waals surface area (Å²) in [5.41, 5.74) is 17.0. The largest absolute Gasteiger partial charge is 0.456 e. The van der Waals surface area contributed by atoms with Crippen LogP contribution in [0.15, 0.2) is 174 Å². The van der Waals surface area contributed by atoms with Gasteiger partial charge in [0.25, 0.3) is 0 Å². The maximum atomic E-state index is 6.10. The monoisotopic (exact) mass is 666 g/mol. The first-order chi connectivity index (χ1) is 25.6. The van der Waals surface area contributed by atoms with E-state index in [1.165, 1.54) is 60.8 Å². The molecule has 0 N–H and O–H groups in total. The molecular weight excluding hydrogens is 633 g/mol. The van der Waals surface area contributed by atoms with Crippen molar-refractivity contribution in [2.24, 2.45) is 0 Å². The van der Waals surface area contributed by atoms with Crippen molar-refractivity contribution in [3.63, 3.8) is 0 Å². The lowest BCUT2D eigenvalue weighted by atomic mass is 9.93. The van der Waals surface area contributed by atoms with Gasteiger partial charge in [0.15, 0.2) is 0 Å². The van der Waals surface area contributed by atoms with Crippen LogP contribution in [0.25, 0.3) is 94.1 Å². The summed E-state index contributed by atoms with van der Waals surface area (Å²) >= 11 is 0. The van der Waals surface area contributed by atoms with Crippen LogP contribution in [-0.4, -0.2) is 9.55 Å². The molecule has 0 unspecified atom stereocenters. The molecule has 0 fully saturated rings. The molecule has 246 valence electrons. The molecule has 0 aliphatic heterocycles. The summed E-state index contributed by atoms with van der Waals surface area (Å²) in [6.07, 6.45) is 1.94. The second-order valence-corrected chi connectivity index (χ2v) is 13.7. The Balaban J connectivity index is 1.02. The Labute approximate surface area is 302 Å². The molecule has 0 bridgehead atoms. The first kappa shape index (κ1) is 30.1. The number of aromatic nitrogens is 2. The van der Waals surface area contributed by atoms with E-state index in [1.807, 2.05) is 18.3 Å². The van der Waals surface area contributed by atoms with Gasteiger partial charge in [0, 0.05) is 39.0 Å². The zero-order valence-corrected chi connectivity index (χ0v) is 29.0. The van der Waals surface area contributed by atoms with Crippen molar-refractivity contribution >= 4 is 43.7 Å². The lowest BCUT2D eigenvalue weighted by Crippen LogP contribution is -1.96. The van der Waals surface area contributed by atoms with Gasteiger partial charge >= 0.3 is 0 Å². The summed E-state index contributed by atoms with van der Waals surface area (Å²) < 4.78 is 8.48. The number of furan rings is 1. The molecule has 0 radical (unpaired) electrons. The van der Waals surface area contributed by atoms with Gasteiger partial charge in [0.05, 0.1) is 16.7 Å². The predicted molar refractivity (Wildman–Crippen MR) is 217 cm³/mol. The number of para-hydroxylation sites is 3. The van der Waals surface area contributed by atoms with E-state index in [0.717, 1.165) is 44.4 Å². The quantitative estimate of drug-likeness (QED) is 0.183. The molecule has 10 aromatic rings. The van der Waals surface area contributed by atoms with Crippen molar-refractivity contribution in [3.05, 3.63) is 181 Å². The van der Waals surface area contributed by atoms with Gasteiger partial charge in [-0.25, -0.2) is 0 Å². The van der Waals surface area contributed by atoms with Gasteiger partial charge in [-0.15, -0.1) is 0 Å². The molecule has 3 heterocycles. The van der Waals surface area contributed by atoms with Crippen molar-refractivity contribution in [3.8, 4) is 50.3 Å². The maximum absolute atomic E-state index is 6.10. The summed E-state index contributed by atoms with van der Waals surface area (Å²) in [7, 11) is 0. The predicted octanol–water partition coefficient (Wildman–Crippen LogP) is 13.4. The average Bonchev–Trinajstić information content (AvgIpc) is 3.74. The zero-order chi connectivity index (χ0) is 34.8. The summed E-state index contributed by atoms with van der Waals surface area (Å²) in [6.45, 7) is 4.37. The van der Waals surface area contributed by atoms with E-state index >= 15 is 0 Å². The fraction of sp³-hybridized carbons (Fsp3) is 0.0408. The van der Waals surface area contributed by atoms with Crippen molar-refractivity contribution in [2.75, 3.05) is 0 Å². The molecule has 0 amide bonds. The zero-order valence-electron chi connectivity index (χ0n) is 29.0. The number of fused-ring (bicyclic) bond motifs is 6. The third-order valence-corrected chi connectivity index (χ3v) is 10.5. The minimum atomic E-state index is 0.911. The molecule has 10 rings (SSSR count). The van der Waals surface area contributed by atoms with Crippen LogP contribution in [0.3, 0.4) is 0 Å². The fourth-order valence-electron chi connectivity index (χ4n) is 7.88. The van der Waals surface area contributed by atoms with Crippen molar-refractivity contribution in [1.82, 2.24) is 9.55 Å². The molecule has 0 atom stereocenters. The van der Waals surface area contributed by atoms with E-state index in [2.05, 4.69) is 170 Å². The van der Waals surface area contributed by atoms with E-state index in [4.69, 9.17) is 9.40 Å². The highest BCUT2D eigenvalue weighted by Crippen LogP contribution is 2.37. The second kappa shape index (κ2) is 12.0. The number of benzene rings is 7. The molecule has 3 heteroatoms. The van der Waals surface area contributed by atoms with Gasteiger partial charge in [-0.3, -0.25) is 4.98 Å². The molecule has 0 aliphatic rings. The Morgan fingerprint density at radius 3 is 1.85 bits per heavy atom. The average molecular weight is 667 g/mol. The first-order valence-electron chi connectivity index (χ1n) is 17.8. The van der Waals surface area contributed by atoms with Crippen LogP contribution in [-0.2, 0) is 0 Å². The van der Waals surface area contributed by atoms with Crippen LogP contribution in [0.2, 0.25) is 0 Å². The van der Waals surface area contributed by atoms with Crippen LogP contribution in [0.4, 0.5) is 0 Å². The molecule has 0 saturated carbocycles. The lowest BCUT2D eigenvalue weighted by Gasteiger charge is -2.14. The first-order valence-corrected chi connectivity index (χ1v) is 17.8. The lowest BCUT2D eigenvalue weighted by molar-refractivity contribution is 0.669. The minimum absolute atomic E-state index is 0.911. The van der Waals surface area contributed by atoms with E-state index in [0.29, 0.717) is 0 Å². The van der Waals surface area contributed by atoms with E-state index in [9.17, 15) is 0 Å². The number of rotatable bonds is 5. The molecular formula is C49H34N2O. The number of hydrogen-bond donors (Lipinski definition) is 0. The smallest absolute Gasteiger partial charge is 0.135 e. The van der Waals surface area contributed by atoms with Gasteiger partial charge in [-0.2, -0.15) is 0 Å². The van der Waals surface area contributed by atoms with Gasteiger partial charge in [-0.05, 0) is 125 Å². The highest BCUT2D eigenvalue weighted by atomic mass is 16.3. The van der Waals surface area contributed by atoms with E-state index < -0.39 is 0 Å². The molecule has 0 aliphatic carbocycles. The minimum Gasteiger partial charge on any atom is -0.456 e.